The molecule has 0 aromatic heterocycles. The number of guanidine groups is 1. The molecular formula is C22H37IN6O. The molecule has 30 heavy (non-hydrogen) atoms. The van der Waals surface area contributed by atoms with Crippen molar-refractivity contribution in [3.05, 3.63) is 29.3 Å². The van der Waals surface area contributed by atoms with Crippen molar-refractivity contribution in [1.82, 2.24) is 20.4 Å². The van der Waals surface area contributed by atoms with E-state index >= 15 is 0 Å². The van der Waals surface area contributed by atoms with Crippen LogP contribution >= 0.6 is 24.0 Å². The Bertz CT molecular complexity index is 726. The maximum atomic E-state index is 12.0. The first kappa shape index (κ1) is 24.7. The number of aliphatic imine (C=N–C) groups is 1. The second kappa shape index (κ2) is 11.7. The quantitative estimate of drug-likeness (QED) is 0.322. The fourth-order valence-corrected chi connectivity index (χ4v) is 3.54. The van der Waals surface area contributed by atoms with Gasteiger partial charge in [-0.15, -0.1) is 24.0 Å². The van der Waals surface area contributed by atoms with Gasteiger partial charge >= 0.3 is 0 Å². The first-order valence-corrected chi connectivity index (χ1v) is 10.8. The van der Waals surface area contributed by atoms with Crippen LogP contribution in [-0.4, -0.2) is 81.1 Å². The monoisotopic (exact) mass is 528 g/mol. The van der Waals surface area contributed by atoms with Gasteiger partial charge in [-0.25, -0.2) is 4.99 Å². The minimum Gasteiger partial charge on any atom is -0.378 e. The summed E-state index contributed by atoms with van der Waals surface area (Å²) in [7, 11) is 4.12. The fourth-order valence-electron chi connectivity index (χ4n) is 3.54. The predicted octanol–water partition coefficient (Wildman–Crippen LogP) is 2.04. The Morgan fingerprint density at radius 3 is 2.47 bits per heavy atom. The molecule has 1 saturated carbocycles. The molecule has 3 rings (SSSR count). The summed E-state index contributed by atoms with van der Waals surface area (Å²) in [5.41, 5.74) is 3.73. The van der Waals surface area contributed by atoms with Crippen LogP contribution in [0.4, 0.5) is 5.69 Å². The van der Waals surface area contributed by atoms with Crippen LogP contribution in [0.5, 0.6) is 0 Å². The van der Waals surface area contributed by atoms with Crippen LogP contribution in [-0.2, 0) is 11.3 Å². The summed E-state index contributed by atoms with van der Waals surface area (Å²) < 4.78 is 0. The topological polar surface area (TPSA) is 63.2 Å². The van der Waals surface area contributed by atoms with Gasteiger partial charge in [0.25, 0.3) is 0 Å². The molecule has 2 N–H and O–H groups in total. The van der Waals surface area contributed by atoms with Gasteiger partial charge in [-0.05, 0) is 49.9 Å². The number of amides is 1. The molecule has 168 valence electrons. The third-order valence-corrected chi connectivity index (χ3v) is 5.56. The smallest absolute Gasteiger partial charge is 0.234 e. The molecule has 1 aromatic carbocycles. The minimum absolute atomic E-state index is 0. The van der Waals surface area contributed by atoms with Gasteiger partial charge in [-0.1, -0.05) is 6.07 Å². The van der Waals surface area contributed by atoms with E-state index < -0.39 is 0 Å². The number of piperazine rings is 1. The molecule has 2 fully saturated rings. The van der Waals surface area contributed by atoms with Crippen LogP contribution < -0.4 is 15.5 Å². The third-order valence-electron chi connectivity index (χ3n) is 5.56. The summed E-state index contributed by atoms with van der Waals surface area (Å²) in [4.78, 5) is 23.6. The van der Waals surface area contributed by atoms with E-state index in [1.54, 1.807) is 0 Å². The Balaban J connectivity index is 0.00000320. The normalized spacial score (nSPS) is 17.3. The summed E-state index contributed by atoms with van der Waals surface area (Å²) in [5, 5.41) is 6.51. The maximum Gasteiger partial charge on any atom is 0.234 e. The van der Waals surface area contributed by atoms with Crippen molar-refractivity contribution >= 4 is 41.5 Å². The number of nitrogens with one attached hydrogen (secondary N) is 2. The van der Waals surface area contributed by atoms with Gasteiger partial charge in [0.15, 0.2) is 5.96 Å². The molecule has 2 aliphatic rings. The van der Waals surface area contributed by atoms with Crippen molar-refractivity contribution in [2.24, 2.45) is 4.99 Å². The number of carbonyl (C=O) groups excluding carboxylic acids is 1. The summed E-state index contributed by atoms with van der Waals surface area (Å²) in [6.07, 6.45) is 2.28. The highest BCUT2D eigenvalue weighted by Gasteiger charge is 2.25. The van der Waals surface area contributed by atoms with Gasteiger partial charge < -0.3 is 20.4 Å². The zero-order chi connectivity index (χ0) is 20.8. The molecule has 8 heteroatoms. The lowest BCUT2D eigenvalue weighted by Crippen LogP contribution is -2.54. The van der Waals surface area contributed by atoms with E-state index in [0.29, 0.717) is 19.1 Å². The molecule has 1 saturated heterocycles. The van der Waals surface area contributed by atoms with Crippen molar-refractivity contribution in [3.8, 4) is 0 Å². The number of halogens is 1. The Morgan fingerprint density at radius 2 is 1.90 bits per heavy atom. The number of hydrogen-bond acceptors (Lipinski definition) is 4. The second-order valence-corrected chi connectivity index (χ2v) is 8.28. The van der Waals surface area contributed by atoms with E-state index in [0.717, 1.165) is 51.5 Å². The van der Waals surface area contributed by atoms with Gasteiger partial charge in [0.1, 0.15) is 0 Å². The Morgan fingerprint density at radius 1 is 1.20 bits per heavy atom. The molecule has 0 bridgehead atoms. The summed E-state index contributed by atoms with van der Waals surface area (Å²) in [6, 6.07) is 6.97. The number of benzene rings is 1. The van der Waals surface area contributed by atoms with Gasteiger partial charge in [0.2, 0.25) is 5.91 Å². The van der Waals surface area contributed by atoms with Crippen molar-refractivity contribution < 1.29 is 4.79 Å². The first-order valence-electron chi connectivity index (χ1n) is 10.8. The van der Waals surface area contributed by atoms with Crippen LogP contribution in [0.1, 0.15) is 30.9 Å². The van der Waals surface area contributed by atoms with Gasteiger partial charge in [-0.2, -0.15) is 0 Å². The highest BCUT2D eigenvalue weighted by atomic mass is 127. The number of carbonyl (C=O) groups is 1. The molecule has 1 aliphatic carbocycles. The third kappa shape index (κ3) is 7.30. The molecule has 7 nitrogen and oxygen atoms in total. The van der Waals surface area contributed by atoms with Crippen LogP contribution in [0.15, 0.2) is 23.2 Å². The van der Waals surface area contributed by atoms with E-state index in [-0.39, 0.29) is 29.9 Å². The number of aryl methyl sites for hydroxylation is 1. The Hall–Kier alpha value is -1.55. The van der Waals surface area contributed by atoms with Crippen molar-refractivity contribution in [2.45, 2.75) is 39.3 Å². The van der Waals surface area contributed by atoms with Gasteiger partial charge in [0.05, 0.1) is 13.1 Å². The fraction of sp³-hybridized carbons (Fsp3) is 0.636. The molecule has 0 spiro atoms. The summed E-state index contributed by atoms with van der Waals surface area (Å²) in [6.45, 7) is 9.84. The lowest BCUT2D eigenvalue weighted by Gasteiger charge is -2.36. The number of rotatable bonds is 7. The number of hydrogen-bond donors (Lipinski definition) is 2. The van der Waals surface area contributed by atoms with E-state index in [4.69, 9.17) is 4.99 Å². The average molecular weight is 528 g/mol. The highest BCUT2D eigenvalue weighted by molar-refractivity contribution is 14.0. The Kier molecular flexibility index (Phi) is 9.67. The van der Waals surface area contributed by atoms with Crippen LogP contribution in [0.25, 0.3) is 0 Å². The maximum absolute atomic E-state index is 12.0. The standard InChI is InChI=1S/C22H36N6O.HI/c1-5-23-22(24-15-18-6-9-20(26(3)4)14-17(18)2)28-12-10-27(11-13-28)16-21(29)25-19-7-8-19;/h6,9,14,19H,5,7-8,10-13,15-16H2,1-4H3,(H,23,24)(H,25,29);1H. The largest absolute Gasteiger partial charge is 0.378 e. The van der Waals surface area contributed by atoms with Crippen molar-refractivity contribution in [2.75, 3.05) is 58.3 Å². The summed E-state index contributed by atoms with van der Waals surface area (Å²) >= 11 is 0. The summed E-state index contributed by atoms with van der Waals surface area (Å²) in [5.74, 6) is 1.13. The van der Waals surface area contributed by atoms with E-state index in [1.807, 2.05) is 0 Å². The van der Waals surface area contributed by atoms with Gasteiger partial charge in [-0.3, -0.25) is 9.69 Å². The number of nitrogens with zero attached hydrogens (tertiary/aromatic N) is 4. The van der Waals surface area contributed by atoms with Gasteiger partial charge in [0, 0.05) is 58.5 Å². The first-order chi connectivity index (χ1) is 14.0. The molecular weight excluding hydrogens is 491 g/mol. The molecule has 0 atom stereocenters. The molecule has 1 aromatic rings. The lowest BCUT2D eigenvalue weighted by molar-refractivity contribution is -0.122. The van der Waals surface area contributed by atoms with Crippen LogP contribution in [0.3, 0.4) is 0 Å². The molecule has 1 amide bonds. The van der Waals surface area contributed by atoms with Crippen LogP contribution in [0.2, 0.25) is 0 Å². The predicted molar refractivity (Wildman–Crippen MR) is 135 cm³/mol. The lowest BCUT2D eigenvalue weighted by atomic mass is 10.1. The SMILES string of the molecule is CCNC(=NCc1ccc(N(C)C)cc1C)N1CCN(CC(=O)NC2CC2)CC1.I. The van der Waals surface area contributed by atoms with Crippen molar-refractivity contribution in [1.29, 1.82) is 0 Å². The van der Waals surface area contributed by atoms with Crippen LogP contribution in [0, 0.1) is 6.92 Å². The zero-order valence-corrected chi connectivity index (χ0v) is 21.1. The molecule has 1 heterocycles. The molecule has 1 aliphatic heterocycles. The number of anilines is 1. The molecule has 0 radical (unpaired) electrons. The zero-order valence-electron chi connectivity index (χ0n) is 18.8. The van der Waals surface area contributed by atoms with E-state index in [9.17, 15) is 4.79 Å². The van der Waals surface area contributed by atoms with E-state index in [1.165, 1.54) is 16.8 Å². The minimum atomic E-state index is 0. The highest BCUT2D eigenvalue weighted by Crippen LogP contribution is 2.19. The second-order valence-electron chi connectivity index (χ2n) is 8.28. The van der Waals surface area contributed by atoms with Crippen molar-refractivity contribution in [3.63, 3.8) is 0 Å². The molecule has 0 unspecified atom stereocenters. The Labute approximate surface area is 198 Å². The average Bonchev–Trinajstić information content (AvgIpc) is 3.50. The van der Waals surface area contributed by atoms with E-state index in [2.05, 4.69) is 71.5 Å².